The molecule has 3 N–H and O–H groups in total. The molecule has 4 nitrogen and oxygen atoms in total. The Labute approximate surface area is 147 Å². The van der Waals surface area contributed by atoms with Gasteiger partial charge in [0, 0.05) is 6.42 Å². The lowest BCUT2D eigenvalue weighted by Crippen LogP contribution is -2.36. The van der Waals surface area contributed by atoms with Crippen molar-refractivity contribution in [1.82, 2.24) is 5.43 Å². The molecule has 0 bridgehead atoms. The molecule has 0 aromatic carbocycles. The Kier molecular flexibility index (Phi) is 18.7. The van der Waals surface area contributed by atoms with Crippen molar-refractivity contribution in [1.29, 1.82) is 0 Å². The molecule has 0 radical (unpaired) electrons. The van der Waals surface area contributed by atoms with E-state index < -0.39 is 0 Å². The Balaban J connectivity index is 3.27. The van der Waals surface area contributed by atoms with Crippen molar-refractivity contribution in [3.63, 3.8) is 0 Å². The van der Waals surface area contributed by atoms with Crippen LogP contribution in [-0.2, 0) is 9.59 Å². The SMILES string of the molecule is NNC(C=O)CCCCCC=CCCC=CCCCCCCC=O. The zero-order chi connectivity index (χ0) is 17.7. The van der Waals surface area contributed by atoms with Crippen LogP contribution in [0.3, 0.4) is 0 Å². The molecule has 0 fully saturated rings. The molecule has 4 heteroatoms. The van der Waals surface area contributed by atoms with Crippen LogP contribution in [0.1, 0.15) is 83.5 Å². The number of hydrogen-bond acceptors (Lipinski definition) is 4. The van der Waals surface area contributed by atoms with E-state index in [0.717, 1.165) is 63.9 Å². The summed E-state index contributed by atoms with van der Waals surface area (Å²) in [5.74, 6) is 5.25. The average Bonchev–Trinajstić information content (AvgIpc) is 2.61. The van der Waals surface area contributed by atoms with Gasteiger partial charge in [0.05, 0.1) is 6.04 Å². The quantitative estimate of drug-likeness (QED) is 0.128. The lowest BCUT2D eigenvalue weighted by Gasteiger charge is -2.06. The highest BCUT2D eigenvalue weighted by atomic mass is 16.1. The van der Waals surface area contributed by atoms with Gasteiger partial charge in [-0.3, -0.25) is 11.3 Å². The van der Waals surface area contributed by atoms with Crippen LogP contribution >= 0.6 is 0 Å². The number of carbonyl (C=O) groups excluding carboxylic acids is 2. The number of unbranched alkanes of at least 4 members (excludes halogenated alkanes) is 9. The zero-order valence-corrected chi connectivity index (χ0v) is 15.1. The summed E-state index contributed by atoms with van der Waals surface area (Å²) < 4.78 is 0. The first kappa shape index (κ1) is 22.7. The van der Waals surface area contributed by atoms with E-state index in [1.165, 1.54) is 25.7 Å². The van der Waals surface area contributed by atoms with Crippen molar-refractivity contribution in [2.75, 3.05) is 0 Å². The van der Waals surface area contributed by atoms with Crippen molar-refractivity contribution in [2.45, 2.75) is 89.5 Å². The minimum atomic E-state index is -0.191. The first-order chi connectivity index (χ1) is 11.8. The molecular weight excluding hydrogens is 300 g/mol. The second-order valence-electron chi connectivity index (χ2n) is 6.23. The van der Waals surface area contributed by atoms with Crippen molar-refractivity contribution < 1.29 is 9.59 Å². The molecule has 0 heterocycles. The summed E-state index contributed by atoms with van der Waals surface area (Å²) in [4.78, 5) is 20.7. The normalized spacial score (nSPS) is 12.9. The summed E-state index contributed by atoms with van der Waals surface area (Å²) >= 11 is 0. The van der Waals surface area contributed by atoms with Gasteiger partial charge in [0.25, 0.3) is 0 Å². The molecule has 0 aromatic rings. The van der Waals surface area contributed by atoms with E-state index in [-0.39, 0.29) is 6.04 Å². The van der Waals surface area contributed by atoms with Gasteiger partial charge >= 0.3 is 0 Å². The van der Waals surface area contributed by atoms with Gasteiger partial charge in [0.2, 0.25) is 0 Å². The molecule has 138 valence electrons. The van der Waals surface area contributed by atoms with Crippen LogP contribution in [0.2, 0.25) is 0 Å². The minimum absolute atomic E-state index is 0.191. The molecule has 0 aliphatic heterocycles. The fourth-order valence-corrected chi connectivity index (χ4v) is 2.50. The molecule has 24 heavy (non-hydrogen) atoms. The molecule has 0 saturated heterocycles. The molecule has 0 aliphatic rings. The Morgan fingerprint density at radius 2 is 1.17 bits per heavy atom. The van der Waals surface area contributed by atoms with Crippen LogP contribution in [0.25, 0.3) is 0 Å². The fourth-order valence-electron chi connectivity index (χ4n) is 2.50. The van der Waals surface area contributed by atoms with E-state index in [1.807, 2.05) is 0 Å². The summed E-state index contributed by atoms with van der Waals surface area (Å²) in [6.45, 7) is 0. The maximum absolute atomic E-state index is 10.6. The van der Waals surface area contributed by atoms with E-state index in [0.29, 0.717) is 6.42 Å². The first-order valence-corrected chi connectivity index (χ1v) is 9.50. The predicted molar refractivity (Wildman–Crippen MR) is 102 cm³/mol. The van der Waals surface area contributed by atoms with E-state index in [9.17, 15) is 9.59 Å². The topological polar surface area (TPSA) is 72.2 Å². The Morgan fingerprint density at radius 3 is 1.67 bits per heavy atom. The third-order valence-corrected chi connectivity index (χ3v) is 4.04. The highest BCUT2D eigenvalue weighted by Crippen LogP contribution is 2.07. The van der Waals surface area contributed by atoms with Crippen LogP contribution in [0, 0.1) is 0 Å². The fraction of sp³-hybridized carbons (Fsp3) is 0.700. The molecule has 0 aromatic heterocycles. The first-order valence-electron chi connectivity index (χ1n) is 9.50. The molecule has 0 rings (SSSR count). The average molecular weight is 337 g/mol. The lowest BCUT2D eigenvalue weighted by atomic mass is 10.1. The van der Waals surface area contributed by atoms with Gasteiger partial charge in [-0.25, -0.2) is 0 Å². The molecule has 1 unspecified atom stereocenters. The molecule has 1 atom stereocenters. The maximum Gasteiger partial charge on any atom is 0.138 e. The highest BCUT2D eigenvalue weighted by Gasteiger charge is 2.02. The van der Waals surface area contributed by atoms with Crippen molar-refractivity contribution in [3.8, 4) is 0 Å². The molecule has 0 amide bonds. The number of aldehydes is 2. The smallest absolute Gasteiger partial charge is 0.138 e. The summed E-state index contributed by atoms with van der Waals surface area (Å²) in [7, 11) is 0. The summed E-state index contributed by atoms with van der Waals surface area (Å²) in [5, 5.41) is 0. The van der Waals surface area contributed by atoms with Crippen LogP contribution in [0.4, 0.5) is 0 Å². The number of hydrogen-bond donors (Lipinski definition) is 2. The standard InChI is InChI=1S/C20H36N2O2/c21-22-20(19-24)17-15-13-11-9-7-5-3-1-2-4-6-8-10-12-14-16-18-23/h2,4-5,7,18-20,22H,1,3,6,8-17,21H2. The minimum Gasteiger partial charge on any atom is -0.303 e. The van der Waals surface area contributed by atoms with Crippen LogP contribution in [0.5, 0.6) is 0 Å². The highest BCUT2D eigenvalue weighted by molar-refractivity contribution is 5.57. The summed E-state index contributed by atoms with van der Waals surface area (Å²) in [6.07, 6.45) is 25.0. The maximum atomic E-state index is 10.6. The van der Waals surface area contributed by atoms with Crippen molar-refractivity contribution in [3.05, 3.63) is 24.3 Å². The predicted octanol–water partition coefficient (Wildman–Crippen LogP) is 4.40. The number of nitrogens with two attached hydrogens (primary N) is 1. The third kappa shape index (κ3) is 17.1. The Bertz CT molecular complexity index is 341. The lowest BCUT2D eigenvalue weighted by molar-refractivity contribution is -0.110. The monoisotopic (exact) mass is 336 g/mol. The van der Waals surface area contributed by atoms with Gasteiger partial charge in [0.15, 0.2) is 0 Å². The van der Waals surface area contributed by atoms with Gasteiger partial charge < -0.3 is 9.59 Å². The molecule has 0 spiro atoms. The molecule has 0 saturated carbocycles. The summed E-state index contributed by atoms with van der Waals surface area (Å²) in [6, 6.07) is -0.191. The van der Waals surface area contributed by atoms with E-state index in [2.05, 4.69) is 29.7 Å². The Hall–Kier alpha value is -1.26. The number of allylic oxidation sites excluding steroid dienone is 4. The van der Waals surface area contributed by atoms with Gasteiger partial charge in [-0.05, 0) is 51.4 Å². The molecule has 0 aliphatic carbocycles. The van der Waals surface area contributed by atoms with Gasteiger partial charge in [-0.2, -0.15) is 0 Å². The van der Waals surface area contributed by atoms with E-state index in [4.69, 9.17) is 5.84 Å². The van der Waals surface area contributed by atoms with E-state index in [1.54, 1.807) is 0 Å². The largest absolute Gasteiger partial charge is 0.303 e. The zero-order valence-electron chi connectivity index (χ0n) is 15.1. The number of nitrogens with one attached hydrogen (secondary N) is 1. The number of carbonyl (C=O) groups is 2. The van der Waals surface area contributed by atoms with Crippen molar-refractivity contribution >= 4 is 12.6 Å². The molecular formula is C20H36N2O2. The second-order valence-corrected chi connectivity index (χ2v) is 6.23. The van der Waals surface area contributed by atoms with Crippen LogP contribution < -0.4 is 11.3 Å². The van der Waals surface area contributed by atoms with Crippen molar-refractivity contribution in [2.24, 2.45) is 5.84 Å². The second kappa shape index (κ2) is 19.8. The number of rotatable bonds is 18. The van der Waals surface area contributed by atoms with Gasteiger partial charge in [-0.15, -0.1) is 0 Å². The van der Waals surface area contributed by atoms with E-state index >= 15 is 0 Å². The van der Waals surface area contributed by atoms with Gasteiger partial charge in [-0.1, -0.05) is 50.0 Å². The Morgan fingerprint density at radius 1 is 0.667 bits per heavy atom. The summed E-state index contributed by atoms with van der Waals surface area (Å²) in [5.41, 5.74) is 2.51. The van der Waals surface area contributed by atoms with Crippen LogP contribution in [0.15, 0.2) is 24.3 Å². The third-order valence-electron chi connectivity index (χ3n) is 4.04. The van der Waals surface area contributed by atoms with Gasteiger partial charge in [0.1, 0.15) is 12.6 Å². The van der Waals surface area contributed by atoms with Crippen LogP contribution in [-0.4, -0.2) is 18.6 Å². The number of hydrazine groups is 1.